The van der Waals surface area contributed by atoms with Gasteiger partial charge in [-0.25, -0.2) is 0 Å². The van der Waals surface area contributed by atoms with E-state index in [1.54, 1.807) is 0 Å². The van der Waals surface area contributed by atoms with Gasteiger partial charge in [-0.1, -0.05) is 52.0 Å². The molecule has 2 fully saturated rings. The number of carbonyl (C=O) groups excluding carboxylic acids is 3. The van der Waals surface area contributed by atoms with Crippen LogP contribution in [0.5, 0.6) is 0 Å². The van der Waals surface area contributed by atoms with Gasteiger partial charge in [0.05, 0.1) is 11.3 Å². The van der Waals surface area contributed by atoms with Crippen molar-refractivity contribution in [3.63, 3.8) is 0 Å². The van der Waals surface area contributed by atoms with Crippen molar-refractivity contribution in [3.8, 4) is 0 Å². The Bertz CT molecular complexity index is 949. The SMILES string of the molecule is C=C/C(C)=C/C[C@]1(C)[C@H]2C[C@H](OC(=O)[C@H](C)CC)C=C3[C@H](OC(C)=O)O[C@H](OC(C)=O)[C@@]32CC[C@@H]1C. The smallest absolute Gasteiger partial charge is 0.309 e. The minimum atomic E-state index is -0.998. The van der Waals surface area contributed by atoms with E-state index in [9.17, 15) is 14.4 Å². The van der Waals surface area contributed by atoms with Gasteiger partial charge in [-0.15, -0.1) is 0 Å². The van der Waals surface area contributed by atoms with Crippen molar-refractivity contribution in [3.05, 3.63) is 36.0 Å². The molecule has 36 heavy (non-hydrogen) atoms. The quantitative estimate of drug-likeness (QED) is 0.184. The normalized spacial score (nSPS) is 36.6. The summed E-state index contributed by atoms with van der Waals surface area (Å²) in [5, 5.41) is 0. The third-order valence-corrected chi connectivity index (χ3v) is 8.84. The van der Waals surface area contributed by atoms with E-state index in [4.69, 9.17) is 18.9 Å². The summed E-state index contributed by atoms with van der Waals surface area (Å²) >= 11 is 0. The highest BCUT2D eigenvalue weighted by molar-refractivity contribution is 5.72. The van der Waals surface area contributed by atoms with Crippen LogP contribution in [0.4, 0.5) is 0 Å². The molecule has 1 saturated heterocycles. The molecule has 0 N–H and O–H groups in total. The summed E-state index contributed by atoms with van der Waals surface area (Å²) in [7, 11) is 0. The van der Waals surface area contributed by atoms with E-state index in [0.29, 0.717) is 25.2 Å². The van der Waals surface area contributed by atoms with Crippen molar-refractivity contribution in [2.45, 2.75) is 99.3 Å². The first kappa shape index (κ1) is 28.2. The van der Waals surface area contributed by atoms with E-state index < -0.39 is 36.0 Å². The average molecular weight is 503 g/mol. The third-order valence-electron chi connectivity index (χ3n) is 8.84. The Balaban J connectivity index is 2.16. The molecular formula is C29H42O7. The van der Waals surface area contributed by atoms with Crippen molar-refractivity contribution >= 4 is 17.9 Å². The molecule has 0 amide bonds. The molecule has 0 unspecified atom stereocenters. The molecule has 0 aromatic rings. The fourth-order valence-corrected chi connectivity index (χ4v) is 6.24. The lowest BCUT2D eigenvalue weighted by molar-refractivity contribution is -0.235. The van der Waals surface area contributed by atoms with Crippen LogP contribution in [0.15, 0.2) is 36.0 Å². The molecular weight excluding hydrogens is 460 g/mol. The van der Waals surface area contributed by atoms with Crippen LogP contribution >= 0.6 is 0 Å². The molecule has 7 heteroatoms. The number of allylic oxidation sites excluding steroid dienone is 3. The summed E-state index contributed by atoms with van der Waals surface area (Å²) in [5.74, 6) is -1.13. The van der Waals surface area contributed by atoms with Crippen LogP contribution in [0, 0.1) is 28.6 Å². The van der Waals surface area contributed by atoms with E-state index >= 15 is 0 Å². The lowest BCUT2D eigenvalue weighted by atomic mass is 9.46. The first-order chi connectivity index (χ1) is 16.9. The van der Waals surface area contributed by atoms with Gasteiger partial charge in [0.1, 0.15) is 6.10 Å². The first-order valence-electron chi connectivity index (χ1n) is 13.1. The van der Waals surface area contributed by atoms with Gasteiger partial charge >= 0.3 is 17.9 Å². The van der Waals surface area contributed by atoms with Gasteiger partial charge in [0.15, 0.2) is 0 Å². The Kier molecular flexibility index (Phi) is 8.54. The second-order valence-corrected chi connectivity index (χ2v) is 11.1. The lowest BCUT2D eigenvalue weighted by Gasteiger charge is -2.58. The lowest BCUT2D eigenvalue weighted by Crippen LogP contribution is -2.57. The van der Waals surface area contributed by atoms with Crippen molar-refractivity contribution in [1.29, 1.82) is 0 Å². The highest BCUT2D eigenvalue weighted by Crippen LogP contribution is 2.67. The molecule has 0 bridgehead atoms. The number of ether oxygens (including phenoxy) is 4. The summed E-state index contributed by atoms with van der Waals surface area (Å²) in [6, 6.07) is 0. The van der Waals surface area contributed by atoms with E-state index in [-0.39, 0.29) is 23.2 Å². The third kappa shape index (κ3) is 5.17. The average Bonchev–Trinajstić information content (AvgIpc) is 3.10. The number of hydrogen-bond acceptors (Lipinski definition) is 7. The number of rotatable bonds is 8. The van der Waals surface area contributed by atoms with Crippen LogP contribution in [0.2, 0.25) is 0 Å². The molecule has 0 aromatic heterocycles. The molecule has 0 radical (unpaired) electrons. The predicted molar refractivity (Wildman–Crippen MR) is 135 cm³/mol. The van der Waals surface area contributed by atoms with Crippen LogP contribution in [-0.4, -0.2) is 36.6 Å². The number of hydrogen-bond donors (Lipinski definition) is 0. The minimum absolute atomic E-state index is 0.0535. The highest BCUT2D eigenvalue weighted by atomic mass is 16.8. The molecule has 3 aliphatic rings. The van der Waals surface area contributed by atoms with Crippen LogP contribution < -0.4 is 0 Å². The second kappa shape index (κ2) is 10.9. The van der Waals surface area contributed by atoms with E-state index in [2.05, 4.69) is 26.5 Å². The molecule has 8 atom stereocenters. The molecule has 0 aromatic carbocycles. The molecule has 2 aliphatic carbocycles. The molecule has 1 heterocycles. The van der Waals surface area contributed by atoms with Gasteiger partial charge in [0.2, 0.25) is 12.6 Å². The van der Waals surface area contributed by atoms with E-state index in [1.165, 1.54) is 13.8 Å². The standard InChI is InChI=1S/C29H42O7/c1-9-17(3)11-13-28(8)19(5)12-14-29-23(26(33-20(6)30)36-27(29)34-21(7)31)15-22(16-24(28)29)35-25(32)18(4)10-2/h9,11,15,18-19,22,24,26-27H,1,10,12-14,16H2,2-8H3/b17-11+/t18-,19+,22-,24-,26-,27+,28+,29+/m1/s1. The minimum Gasteiger partial charge on any atom is -0.458 e. The maximum Gasteiger partial charge on any atom is 0.309 e. The molecule has 200 valence electrons. The summed E-state index contributed by atoms with van der Waals surface area (Å²) in [4.78, 5) is 36.9. The van der Waals surface area contributed by atoms with Gasteiger partial charge < -0.3 is 14.2 Å². The van der Waals surface area contributed by atoms with Crippen molar-refractivity contribution in [1.82, 2.24) is 0 Å². The zero-order valence-corrected chi connectivity index (χ0v) is 22.8. The van der Waals surface area contributed by atoms with Gasteiger partial charge in [0.25, 0.3) is 0 Å². The maximum atomic E-state index is 12.8. The van der Waals surface area contributed by atoms with Crippen LogP contribution in [0.25, 0.3) is 0 Å². The Morgan fingerprint density at radius 3 is 2.44 bits per heavy atom. The van der Waals surface area contributed by atoms with Crippen molar-refractivity contribution < 1.29 is 33.3 Å². The zero-order valence-electron chi connectivity index (χ0n) is 22.8. The van der Waals surface area contributed by atoms with Gasteiger partial charge in [-0.2, -0.15) is 0 Å². The molecule has 1 saturated carbocycles. The summed E-state index contributed by atoms with van der Waals surface area (Å²) in [6.07, 6.45) is 7.17. The molecule has 1 spiro atoms. The number of esters is 3. The van der Waals surface area contributed by atoms with Crippen LogP contribution in [-0.2, 0) is 33.3 Å². The highest BCUT2D eigenvalue weighted by Gasteiger charge is 2.67. The topological polar surface area (TPSA) is 88.1 Å². The summed E-state index contributed by atoms with van der Waals surface area (Å²) < 4.78 is 23.5. The fraction of sp³-hybridized carbons (Fsp3) is 0.690. The van der Waals surface area contributed by atoms with Crippen LogP contribution in [0.3, 0.4) is 0 Å². The molecule has 3 rings (SSSR count). The Morgan fingerprint density at radius 2 is 1.86 bits per heavy atom. The van der Waals surface area contributed by atoms with Gasteiger partial charge in [-0.3, -0.25) is 19.1 Å². The second-order valence-electron chi connectivity index (χ2n) is 11.1. The van der Waals surface area contributed by atoms with Crippen molar-refractivity contribution in [2.24, 2.45) is 28.6 Å². The number of carbonyl (C=O) groups is 3. The van der Waals surface area contributed by atoms with Gasteiger partial charge in [-0.05, 0) is 62.4 Å². The predicted octanol–water partition coefficient (Wildman–Crippen LogP) is 5.64. The Hall–Kier alpha value is -2.41. The fourth-order valence-electron chi connectivity index (χ4n) is 6.24. The van der Waals surface area contributed by atoms with E-state index in [1.807, 2.05) is 32.9 Å². The maximum absolute atomic E-state index is 12.8. The van der Waals surface area contributed by atoms with E-state index in [0.717, 1.165) is 24.0 Å². The first-order valence-corrected chi connectivity index (χ1v) is 13.1. The van der Waals surface area contributed by atoms with Gasteiger partial charge in [0, 0.05) is 19.4 Å². The monoisotopic (exact) mass is 502 g/mol. The molecule has 7 nitrogen and oxygen atoms in total. The largest absolute Gasteiger partial charge is 0.458 e. The Morgan fingerprint density at radius 1 is 1.19 bits per heavy atom. The Labute approximate surface area is 215 Å². The molecule has 1 aliphatic heterocycles. The van der Waals surface area contributed by atoms with Crippen molar-refractivity contribution in [2.75, 3.05) is 0 Å². The van der Waals surface area contributed by atoms with Crippen LogP contribution in [0.1, 0.15) is 80.6 Å². The summed E-state index contributed by atoms with van der Waals surface area (Å²) in [5.41, 5.74) is 0.925. The zero-order chi connectivity index (χ0) is 26.8. The summed E-state index contributed by atoms with van der Waals surface area (Å²) in [6.45, 7) is 16.9.